The van der Waals surface area contributed by atoms with E-state index in [0.717, 1.165) is 25.4 Å². The van der Waals surface area contributed by atoms with Crippen molar-refractivity contribution in [3.05, 3.63) is 41.1 Å². The first-order chi connectivity index (χ1) is 16.9. The van der Waals surface area contributed by atoms with Crippen LogP contribution in [0.4, 0.5) is 26.7 Å². The van der Waals surface area contributed by atoms with Gasteiger partial charge < -0.3 is 36.5 Å². The lowest BCUT2D eigenvalue weighted by Gasteiger charge is -2.31. The highest BCUT2D eigenvalue weighted by Crippen LogP contribution is 2.22. The molecule has 36 heavy (non-hydrogen) atoms. The maximum Gasteiger partial charge on any atom is 0.407 e. The van der Waals surface area contributed by atoms with E-state index in [4.69, 9.17) is 5.41 Å². The SMILES string of the molecule is COC(=O)NC(C(=O)NC[C@@H](O)CNCc1c(F)cc(/C(C=N)=C/NC(F)F)cc1F)C(C)(C)CF. The minimum atomic E-state index is -2.92. The van der Waals surface area contributed by atoms with E-state index < -0.39 is 60.0 Å². The number of ether oxygens (including phenoxy) is 1. The maximum atomic E-state index is 14.4. The second-order valence-electron chi connectivity index (χ2n) is 8.35. The van der Waals surface area contributed by atoms with E-state index in [0.29, 0.717) is 6.21 Å². The number of carbonyl (C=O) groups excluding carboxylic acids is 2. The molecule has 1 aromatic rings. The number of nitrogens with one attached hydrogen (secondary N) is 5. The zero-order chi connectivity index (χ0) is 27.5. The van der Waals surface area contributed by atoms with Crippen molar-refractivity contribution < 1.29 is 41.4 Å². The first-order valence-electron chi connectivity index (χ1n) is 10.7. The van der Waals surface area contributed by atoms with Crippen LogP contribution in [0, 0.1) is 22.5 Å². The Bertz CT molecular complexity index is 922. The Morgan fingerprint density at radius 2 is 1.81 bits per heavy atom. The molecule has 2 atom stereocenters. The number of aliphatic hydroxyl groups is 1. The standard InChI is InChI=1S/C22H30F5N5O4/c1-22(2,11-23)18(32-21(35)36-3)19(34)30-9-14(33)8-29-10-15-16(24)4-12(5-17(15)25)13(6-28)7-31-20(26)27/h4-7,14,18,20,28-29,31,33H,8-11H2,1-3H3,(H,30,34)(H,32,35)/b13-7+,28-6?/t14-,18?/m0/s1. The summed E-state index contributed by atoms with van der Waals surface area (Å²) in [6, 6.07) is 0.455. The number of carbonyl (C=O) groups is 2. The van der Waals surface area contributed by atoms with Crippen LogP contribution in [-0.4, -0.2) is 68.9 Å². The van der Waals surface area contributed by atoms with E-state index in [-0.39, 0.29) is 30.8 Å². The van der Waals surface area contributed by atoms with Crippen molar-refractivity contribution in [1.29, 1.82) is 5.41 Å². The highest BCUT2D eigenvalue weighted by molar-refractivity contribution is 6.08. The van der Waals surface area contributed by atoms with Crippen LogP contribution in [0.1, 0.15) is 25.0 Å². The Morgan fingerprint density at radius 3 is 2.31 bits per heavy atom. The number of aliphatic hydroxyl groups excluding tert-OH is 1. The van der Waals surface area contributed by atoms with Gasteiger partial charge in [0.15, 0.2) is 0 Å². The van der Waals surface area contributed by atoms with Crippen LogP contribution in [0.2, 0.25) is 0 Å². The van der Waals surface area contributed by atoms with E-state index in [1.54, 1.807) is 5.32 Å². The minimum absolute atomic E-state index is 0.133. The number of halogens is 5. The molecule has 0 radical (unpaired) electrons. The molecule has 0 heterocycles. The van der Waals surface area contributed by atoms with E-state index in [1.165, 1.54) is 13.8 Å². The molecule has 2 amide bonds. The van der Waals surface area contributed by atoms with Gasteiger partial charge in [-0.3, -0.25) is 9.18 Å². The van der Waals surface area contributed by atoms with Crippen LogP contribution in [0.5, 0.6) is 0 Å². The molecule has 0 saturated carbocycles. The lowest BCUT2D eigenvalue weighted by molar-refractivity contribution is -0.126. The van der Waals surface area contributed by atoms with Gasteiger partial charge in [-0.15, -0.1) is 0 Å². The normalized spacial score (nSPS) is 13.7. The number of benzene rings is 1. The van der Waals surface area contributed by atoms with Gasteiger partial charge in [0, 0.05) is 48.6 Å². The molecule has 0 saturated heterocycles. The molecule has 9 nitrogen and oxygen atoms in total. The fourth-order valence-electron chi connectivity index (χ4n) is 2.93. The predicted octanol–water partition coefficient (Wildman–Crippen LogP) is 2.05. The molecule has 0 aliphatic heterocycles. The van der Waals surface area contributed by atoms with Gasteiger partial charge in [0.1, 0.15) is 17.7 Å². The molecule has 1 rings (SSSR count). The minimum Gasteiger partial charge on any atom is -0.453 e. The Labute approximate surface area is 205 Å². The summed E-state index contributed by atoms with van der Waals surface area (Å²) in [6.07, 6.45) is -0.734. The lowest BCUT2D eigenvalue weighted by atomic mass is 9.85. The largest absolute Gasteiger partial charge is 0.453 e. The molecule has 0 fully saturated rings. The Hall–Kier alpha value is -3.26. The van der Waals surface area contributed by atoms with Gasteiger partial charge in [-0.25, -0.2) is 13.6 Å². The first-order valence-corrected chi connectivity index (χ1v) is 10.7. The summed E-state index contributed by atoms with van der Waals surface area (Å²) < 4.78 is 71.2. The van der Waals surface area contributed by atoms with Gasteiger partial charge in [0.05, 0.1) is 19.9 Å². The molecule has 0 spiro atoms. The summed E-state index contributed by atoms with van der Waals surface area (Å²) in [7, 11) is 1.08. The summed E-state index contributed by atoms with van der Waals surface area (Å²) in [6.45, 7) is -1.91. The summed E-state index contributed by atoms with van der Waals surface area (Å²) in [5.74, 6) is -2.78. The third kappa shape index (κ3) is 9.41. The highest BCUT2D eigenvalue weighted by Gasteiger charge is 2.37. The molecule has 0 aliphatic carbocycles. The van der Waals surface area contributed by atoms with Gasteiger partial charge in [-0.1, -0.05) is 13.8 Å². The van der Waals surface area contributed by atoms with Crippen molar-refractivity contribution in [2.45, 2.75) is 39.1 Å². The van der Waals surface area contributed by atoms with E-state index in [1.807, 2.05) is 0 Å². The van der Waals surface area contributed by atoms with E-state index in [2.05, 4.69) is 20.7 Å². The predicted molar refractivity (Wildman–Crippen MR) is 122 cm³/mol. The molecule has 14 heteroatoms. The van der Waals surface area contributed by atoms with Gasteiger partial charge in [-0.2, -0.15) is 8.78 Å². The monoisotopic (exact) mass is 523 g/mol. The molecular formula is C22H30F5N5O4. The van der Waals surface area contributed by atoms with Crippen molar-refractivity contribution in [3.8, 4) is 0 Å². The fourth-order valence-corrected chi connectivity index (χ4v) is 2.93. The van der Waals surface area contributed by atoms with Crippen LogP contribution in [0.3, 0.4) is 0 Å². The maximum absolute atomic E-state index is 14.4. The Morgan fingerprint density at radius 1 is 1.19 bits per heavy atom. The Balaban J connectivity index is 2.71. The van der Waals surface area contributed by atoms with Crippen molar-refractivity contribution in [2.75, 3.05) is 26.9 Å². The van der Waals surface area contributed by atoms with Crippen LogP contribution >= 0.6 is 0 Å². The summed E-state index contributed by atoms with van der Waals surface area (Å²) >= 11 is 0. The van der Waals surface area contributed by atoms with Gasteiger partial charge in [-0.05, 0) is 17.7 Å². The zero-order valence-corrected chi connectivity index (χ0v) is 19.9. The molecule has 202 valence electrons. The van der Waals surface area contributed by atoms with Gasteiger partial charge >= 0.3 is 12.6 Å². The first kappa shape index (κ1) is 30.8. The number of hydrogen-bond acceptors (Lipinski definition) is 7. The lowest BCUT2D eigenvalue weighted by Crippen LogP contribution is -2.56. The average Bonchev–Trinajstić information content (AvgIpc) is 2.82. The number of amides is 2. The van der Waals surface area contributed by atoms with Crippen LogP contribution in [0.25, 0.3) is 5.57 Å². The molecule has 1 unspecified atom stereocenters. The molecule has 0 aromatic heterocycles. The summed E-state index contributed by atoms with van der Waals surface area (Å²) in [5, 5.41) is 26.2. The molecule has 6 N–H and O–H groups in total. The van der Waals surface area contributed by atoms with Crippen molar-refractivity contribution in [3.63, 3.8) is 0 Å². The molecule has 0 aliphatic rings. The van der Waals surface area contributed by atoms with Crippen LogP contribution in [0.15, 0.2) is 18.3 Å². The number of hydrogen-bond donors (Lipinski definition) is 6. The summed E-state index contributed by atoms with van der Waals surface area (Å²) in [5.41, 5.74) is -1.97. The van der Waals surface area contributed by atoms with E-state index in [9.17, 15) is 36.6 Å². The van der Waals surface area contributed by atoms with Crippen molar-refractivity contribution >= 4 is 23.8 Å². The number of rotatable bonds is 14. The smallest absolute Gasteiger partial charge is 0.407 e. The third-order valence-electron chi connectivity index (χ3n) is 5.02. The molecule has 1 aromatic carbocycles. The zero-order valence-electron chi connectivity index (χ0n) is 19.9. The quantitative estimate of drug-likeness (QED) is 0.126. The molecular weight excluding hydrogens is 493 g/mol. The van der Waals surface area contributed by atoms with E-state index >= 15 is 0 Å². The average molecular weight is 524 g/mol. The van der Waals surface area contributed by atoms with Gasteiger partial charge in [0.2, 0.25) is 5.91 Å². The summed E-state index contributed by atoms with van der Waals surface area (Å²) in [4.78, 5) is 23.9. The highest BCUT2D eigenvalue weighted by atomic mass is 19.3. The third-order valence-corrected chi connectivity index (χ3v) is 5.02. The van der Waals surface area contributed by atoms with Crippen LogP contribution < -0.4 is 21.3 Å². The second-order valence-corrected chi connectivity index (χ2v) is 8.35. The van der Waals surface area contributed by atoms with Crippen molar-refractivity contribution in [2.24, 2.45) is 5.41 Å². The topological polar surface area (TPSA) is 136 Å². The fraction of sp³-hybridized carbons (Fsp3) is 0.500. The number of allylic oxidation sites excluding steroid dienone is 1. The number of alkyl carbamates (subject to hydrolysis) is 1. The second kappa shape index (κ2) is 14.3. The van der Waals surface area contributed by atoms with Crippen molar-refractivity contribution in [1.82, 2.24) is 21.3 Å². The van der Waals surface area contributed by atoms with Gasteiger partial charge in [0.25, 0.3) is 0 Å². The number of methoxy groups -OCH3 is 1. The Kier molecular flexibility index (Phi) is 12.3. The molecule has 0 bridgehead atoms. The number of alkyl halides is 3. The van der Waals surface area contributed by atoms with Crippen LogP contribution in [-0.2, 0) is 16.1 Å².